The summed E-state index contributed by atoms with van der Waals surface area (Å²) in [5.41, 5.74) is 4.94. The molecule has 1 N–H and O–H groups in total. The topological polar surface area (TPSA) is 34.0 Å². The molecule has 0 bridgehead atoms. The number of anilines is 1. The van der Waals surface area contributed by atoms with Gasteiger partial charge in [0.15, 0.2) is 0 Å². The summed E-state index contributed by atoms with van der Waals surface area (Å²) in [5, 5.41) is 2.87. The van der Waals surface area contributed by atoms with Crippen LogP contribution in [-0.2, 0) is 13.5 Å². The molecule has 2 aromatic rings. The molecule has 3 nitrogen and oxygen atoms in total. The number of amides is 1. The second-order valence-electron chi connectivity index (χ2n) is 6.64. The molecule has 1 amide bonds. The van der Waals surface area contributed by atoms with Gasteiger partial charge >= 0.3 is 0 Å². The molecule has 1 fully saturated rings. The fraction of sp³-hybridized carbons (Fsp3) is 0.368. The predicted molar refractivity (Wildman–Crippen MR) is 93.1 cm³/mol. The zero-order valence-corrected chi connectivity index (χ0v) is 14.3. The van der Waals surface area contributed by atoms with E-state index in [1.165, 1.54) is 48.7 Å². The molecule has 1 heterocycles. The minimum Gasteiger partial charge on any atom is -0.343 e. The third kappa shape index (κ3) is 2.44. The molecule has 2 aliphatic rings. The van der Waals surface area contributed by atoms with Crippen LogP contribution in [0.5, 0.6) is 0 Å². The third-order valence-electron chi connectivity index (χ3n) is 5.21. The minimum absolute atomic E-state index is 0.00778. The van der Waals surface area contributed by atoms with Gasteiger partial charge in [-0.05, 0) is 67.3 Å². The maximum absolute atomic E-state index is 13.3. The van der Waals surface area contributed by atoms with Crippen molar-refractivity contribution in [1.29, 1.82) is 0 Å². The van der Waals surface area contributed by atoms with Gasteiger partial charge in [0.25, 0.3) is 5.91 Å². The van der Waals surface area contributed by atoms with Gasteiger partial charge in [-0.25, -0.2) is 4.39 Å². The largest absolute Gasteiger partial charge is 0.343 e. The first-order valence-corrected chi connectivity index (χ1v) is 8.75. The number of aromatic nitrogens is 1. The number of rotatable bonds is 3. The van der Waals surface area contributed by atoms with Crippen LogP contribution in [0.15, 0.2) is 18.2 Å². The molecule has 2 aliphatic carbocycles. The van der Waals surface area contributed by atoms with Crippen molar-refractivity contribution in [3.05, 3.63) is 58.0 Å². The zero-order chi connectivity index (χ0) is 16.8. The smallest absolute Gasteiger partial charge is 0.272 e. The summed E-state index contributed by atoms with van der Waals surface area (Å²) in [6.45, 7) is 0. The van der Waals surface area contributed by atoms with Gasteiger partial charge in [-0.3, -0.25) is 4.79 Å². The Kier molecular flexibility index (Phi) is 3.87. The Labute approximate surface area is 145 Å². The lowest BCUT2D eigenvalue weighted by Crippen LogP contribution is -2.20. The number of nitrogens with zero attached hydrogens (tertiary/aromatic N) is 1. The molecule has 0 atom stereocenters. The van der Waals surface area contributed by atoms with Crippen LogP contribution in [0.25, 0.3) is 0 Å². The van der Waals surface area contributed by atoms with Crippen molar-refractivity contribution in [2.45, 2.75) is 38.0 Å². The molecule has 5 heteroatoms. The van der Waals surface area contributed by atoms with Crippen molar-refractivity contribution in [3.63, 3.8) is 0 Å². The molecule has 1 radical (unpaired) electrons. The van der Waals surface area contributed by atoms with Crippen LogP contribution in [-0.4, -0.2) is 10.5 Å². The van der Waals surface area contributed by atoms with Crippen molar-refractivity contribution in [1.82, 2.24) is 4.57 Å². The van der Waals surface area contributed by atoms with Crippen molar-refractivity contribution in [3.8, 4) is 0 Å². The molecule has 0 aliphatic heterocycles. The lowest BCUT2D eigenvalue weighted by molar-refractivity contribution is 0.101. The average Bonchev–Trinajstić information content (AvgIpc) is 3.04. The summed E-state index contributed by atoms with van der Waals surface area (Å²) in [4.78, 5) is 12.9. The standard InChI is InChI=1S/C19H19ClFN2O/c1-23-17(11-4-2-5-11)13-6-3-7-14(13)18(23)19(24)22-12-8-9-16(21)15(20)10-12/h6,8-11H,2-5,7H2,1H3,(H,22,24). The maximum Gasteiger partial charge on any atom is 0.272 e. The molecule has 0 saturated heterocycles. The van der Waals surface area contributed by atoms with Gasteiger partial charge < -0.3 is 9.88 Å². The normalized spacial score (nSPS) is 16.8. The van der Waals surface area contributed by atoms with Gasteiger partial charge in [-0.1, -0.05) is 18.0 Å². The van der Waals surface area contributed by atoms with Crippen molar-refractivity contribution < 1.29 is 9.18 Å². The van der Waals surface area contributed by atoms with E-state index in [2.05, 4.69) is 16.3 Å². The number of carbonyl (C=O) groups excluding carboxylic acids is 1. The Morgan fingerprint density at radius 3 is 2.83 bits per heavy atom. The number of benzene rings is 1. The van der Waals surface area contributed by atoms with Gasteiger partial charge in [0.05, 0.1) is 5.02 Å². The zero-order valence-electron chi connectivity index (χ0n) is 13.5. The van der Waals surface area contributed by atoms with Crippen LogP contribution in [0.4, 0.5) is 10.1 Å². The van der Waals surface area contributed by atoms with Gasteiger partial charge in [0, 0.05) is 18.4 Å². The summed E-state index contributed by atoms with van der Waals surface area (Å²) < 4.78 is 15.3. The summed E-state index contributed by atoms with van der Waals surface area (Å²) in [6, 6.07) is 4.24. The first kappa shape index (κ1) is 15.7. The van der Waals surface area contributed by atoms with E-state index in [1.807, 2.05) is 7.05 Å². The summed E-state index contributed by atoms with van der Waals surface area (Å²) >= 11 is 5.80. The van der Waals surface area contributed by atoms with E-state index in [0.29, 0.717) is 11.6 Å². The Morgan fingerprint density at radius 2 is 2.17 bits per heavy atom. The van der Waals surface area contributed by atoms with E-state index in [4.69, 9.17) is 11.6 Å². The Bertz CT molecular complexity index is 823. The predicted octanol–water partition coefficient (Wildman–Crippen LogP) is 4.84. The number of halogens is 2. The summed E-state index contributed by atoms with van der Waals surface area (Å²) in [7, 11) is 1.98. The molecular formula is C19H19ClFN2O. The second kappa shape index (κ2) is 5.92. The van der Waals surface area contributed by atoms with Crippen LogP contribution in [0.1, 0.15) is 58.9 Å². The Balaban J connectivity index is 1.68. The van der Waals surface area contributed by atoms with Crippen molar-refractivity contribution in [2.24, 2.45) is 7.05 Å². The average molecular weight is 346 g/mol. The molecule has 1 aromatic carbocycles. The first-order valence-electron chi connectivity index (χ1n) is 8.37. The van der Waals surface area contributed by atoms with E-state index in [1.54, 1.807) is 0 Å². The lowest BCUT2D eigenvalue weighted by Gasteiger charge is -2.27. The van der Waals surface area contributed by atoms with Crippen LogP contribution in [0.3, 0.4) is 0 Å². The fourth-order valence-corrected chi connectivity index (χ4v) is 4.04. The van der Waals surface area contributed by atoms with E-state index in [-0.39, 0.29) is 10.9 Å². The molecule has 125 valence electrons. The first-order chi connectivity index (χ1) is 11.6. The van der Waals surface area contributed by atoms with Crippen molar-refractivity contribution >= 4 is 23.2 Å². The number of carbonyl (C=O) groups is 1. The molecule has 1 aromatic heterocycles. The Morgan fingerprint density at radius 1 is 1.38 bits per heavy atom. The SMILES string of the molecule is Cn1c(C(=O)Nc2ccc(F)c(Cl)c2)c2c(c1C1CCC1)[CH]CC2. The summed E-state index contributed by atoms with van der Waals surface area (Å²) in [6.07, 6.45) is 7.82. The molecular weight excluding hydrogens is 327 g/mol. The monoisotopic (exact) mass is 345 g/mol. The van der Waals surface area contributed by atoms with E-state index in [0.717, 1.165) is 24.1 Å². The number of nitrogens with one attached hydrogen (secondary N) is 1. The van der Waals surface area contributed by atoms with Crippen LogP contribution < -0.4 is 5.32 Å². The van der Waals surface area contributed by atoms with Gasteiger partial charge in [-0.2, -0.15) is 0 Å². The minimum atomic E-state index is -0.490. The highest BCUT2D eigenvalue weighted by atomic mass is 35.5. The third-order valence-corrected chi connectivity index (χ3v) is 5.50. The van der Waals surface area contributed by atoms with Crippen molar-refractivity contribution in [2.75, 3.05) is 5.32 Å². The fourth-order valence-electron chi connectivity index (χ4n) is 3.86. The highest BCUT2D eigenvalue weighted by molar-refractivity contribution is 6.31. The quantitative estimate of drug-likeness (QED) is 0.848. The van der Waals surface area contributed by atoms with E-state index < -0.39 is 5.82 Å². The number of fused-ring (bicyclic) bond motifs is 1. The highest BCUT2D eigenvalue weighted by Crippen LogP contribution is 2.43. The van der Waals surface area contributed by atoms with Crippen LogP contribution in [0, 0.1) is 12.2 Å². The van der Waals surface area contributed by atoms with Gasteiger partial charge in [0.1, 0.15) is 11.5 Å². The maximum atomic E-state index is 13.3. The molecule has 1 saturated carbocycles. The summed E-state index contributed by atoms with van der Waals surface area (Å²) in [5.74, 6) is -0.0755. The van der Waals surface area contributed by atoms with Crippen LogP contribution in [0.2, 0.25) is 5.02 Å². The number of hydrogen-bond acceptors (Lipinski definition) is 1. The molecule has 0 unspecified atom stereocenters. The Hall–Kier alpha value is -1.81. The lowest BCUT2D eigenvalue weighted by atomic mass is 9.81. The molecule has 24 heavy (non-hydrogen) atoms. The second-order valence-corrected chi connectivity index (χ2v) is 7.05. The van der Waals surface area contributed by atoms with Gasteiger partial charge in [0.2, 0.25) is 0 Å². The molecule has 4 rings (SSSR count). The van der Waals surface area contributed by atoms with Gasteiger partial charge in [-0.15, -0.1) is 0 Å². The number of hydrogen-bond donors (Lipinski definition) is 1. The van der Waals surface area contributed by atoms with E-state index >= 15 is 0 Å². The van der Waals surface area contributed by atoms with Crippen LogP contribution >= 0.6 is 11.6 Å². The van der Waals surface area contributed by atoms with E-state index in [9.17, 15) is 9.18 Å². The highest BCUT2D eigenvalue weighted by Gasteiger charge is 2.33. The molecule has 0 spiro atoms.